The standard InChI is InChI=1S/C19H24F3N3/c1-13(2)12-25-9-7-14(8-10-25)23-17-11-18(19(20,21)22)24-16-6-4-3-5-15(16)17/h3-6,11,13-14H,7-10,12H2,1-2H3,(H,23,24). The quantitative estimate of drug-likeness (QED) is 0.859. The van der Waals surface area contributed by atoms with Gasteiger partial charge in [0.05, 0.1) is 5.52 Å². The highest BCUT2D eigenvalue weighted by Crippen LogP contribution is 2.33. The number of nitrogens with zero attached hydrogens (tertiary/aromatic N) is 2. The summed E-state index contributed by atoms with van der Waals surface area (Å²) in [4.78, 5) is 6.20. The lowest BCUT2D eigenvalue weighted by Crippen LogP contribution is -2.40. The van der Waals surface area contributed by atoms with Gasteiger partial charge in [0.25, 0.3) is 0 Å². The Balaban J connectivity index is 1.79. The number of likely N-dealkylation sites (tertiary alicyclic amines) is 1. The van der Waals surface area contributed by atoms with Gasteiger partial charge in [-0.3, -0.25) is 0 Å². The van der Waals surface area contributed by atoms with E-state index in [1.165, 1.54) is 0 Å². The number of hydrogen-bond donors (Lipinski definition) is 1. The summed E-state index contributed by atoms with van der Waals surface area (Å²) in [5.74, 6) is 0.628. The van der Waals surface area contributed by atoms with Gasteiger partial charge in [0.1, 0.15) is 5.69 Å². The number of para-hydroxylation sites is 1. The van der Waals surface area contributed by atoms with Crippen LogP contribution in [-0.4, -0.2) is 35.6 Å². The molecule has 0 atom stereocenters. The fourth-order valence-electron chi connectivity index (χ4n) is 3.44. The summed E-state index contributed by atoms with van der Waals surface area (Å²) >= 11 is 0. The molecule has 1 N–H and O–H groups in total. The van der Waals surface area contributed by atoms with Crippen molar-refractivity contribution in [3.05, 3.63) is 36.0 Å². The predicted octanol–water partition coefficient (Wildman–Crippen LogP) is 4.79. The van der Waals surface area contributed by atoms with Crippen LogP contribution in [0.25, 0.3) is 10.9 Å². The number of benzene rings is 1. The van der Waals surface area contributed by atoms with Crippen LogP contribution < -0.4 is 5.32 Å². The van der Waals surface area contributed by atoms with E-state index in [9.17, 15) is 13.2 Å². The SMILES string of the molecule is CC(C)CN1CCC(Nc2cc(C(F)(F)F)nc3ccccc23)CC1. The predicted molar refractivity (Wildman–Crippen MR) is 94.7 cm³/mol. The zero-order valence-electron chi connectivity index (χ0n) is 14.6. The summed E-state index contributed by atoms with van der Waals surface area (Å²) < 4.78 is 39.5. The van der Waals surface area contributed by atoms with Crippen molar-refractivity contribution >= 4 is 16.6 Å². The van der Waals surface area contributed by atoms with E-state index in [0.29, 0.717) is 17.1 Å². The van der Waals surface area contributed by atoms with Crippen molar-refractivity contribution in [1.29, 1.82) is 0 Å². The van der Waals surface area contributed by atoms with Gasteiger partial charge in [-0.15, -0.1) is 0 Å². The average molecular weight is 351 g/mol. The minimum absolute atomic E-state index is 0.190. The van der Waals surface area contributed by atoms with Crippen molar-refractivity contribution in [2.75, 3.05) is 25.0 Å². The molecule has 0 amide bonds. The van der Waals surface area contributed by atoms with Gasteiger partial charge in [0.15, 0.2) is 0 Å². The summed E-state index contributed by atoms with van der Waals surface area (Å²) in [6.45, 7) is 7.43. The number of rotatable bonds is 4. The number of alkyl halides is 3. The smallest absolute Gasteiger partial charge is 0.382 e. The van der Waals surface area contributed by atoms with Crippen molar-refractivity contribution < 1.29 is 13.2 Å². The lowest BCUT2D eigenvalue weighted by Gasteiger charge is -2.34. The van der Waals surface area contributed by atoms with E-state index >= 15 is 0 Å². The number of hydrogen-bond acceptors (Lipinski definition) is 3. The van der Waals surface area contributed by atoms with E-state index in [1.807, 2.05) is 12.1 Å². The third kappa shape index (κ3) is 4.42. The summed E-state index contributed by atoms with van der Waals surface area (Å²) in [6, 6.07) is 8.31. The molecule has 1 aliphatic rings. The molecule has 1 fully saturated rings. The molecule has 0 radical (unpaired) electrons. The first-order chi connectivity index (χ1) is 11.8. The van der Waals surface area contributed by atoms with Crippen LogP contribution in [0, 0.1) is 5.92 Å². The maximum absolute atomic E-state index is 13.2. The number of anilines is 1. The second kappa shape index (κ2) is 7.20. The van der Waals surface area contributed by atoms with Gasteiger partial charge in [-0.25, -0.2) is 4.98 Å². The Kier molecular flexibility index (Phi) is 5.18. The van der Waals surface area contributed by atoms with Gasteiger partial charge >= 0.3 is 6.18 Å². The van der Waals surface area contributed by atoms with Gasteiger partial charge in [-0.05, 0) is 30.9 Å². The van der Waals surface area contributed by atoms with E-state index in [4.69, 9.17) is 0 Å². The van der Waals surface area contributed by atoms with E-state index in [-0.39, 0.29) is 6.04 Å². The van der Waals surface area contributed by atoms with Crippen LogP contribution in [0.1, 0.15) is 32.4 Å². The highest BCUT2D eigenvalue weighted by Gasteiger charge is 2.33. The van der Waals surface area contributed by atoms with Crippen LogP contribution in [0.3, 0.4) is 0 Å². The number of fused-ring (bicyclic) bond motifs is 1. The second-order valence-corrected chi connectivity index (χ2v) is 7.18. The summed E-state index contributed by atoms with van der Waals surface area (Å²) in [5, 5.41) is 4.08. The number of nitrogens with one attached hydrogen (secondary N) is 1. The van der Waals surface area contributed by atoms with Crippen LogP contribution in [0.2, 0.25) is 0 Å². The molecule has 3 nitrogen and oxygen atoms in total. The van der Waals surface area contributed by atoms with E-state index in [0.717, 1.165) is 43.9 Å². The van der Waals surface area contributed by atoms with E-state index in [1.54, 1.807) is 12.1 Å². The van der Waals surface area contributed by atoms with Gasteiger partial charge in [-0.1, -0.05) is 32.0 Å². The molecule has 3 rings (SSSR count). The van der Waals surface area contributed by atoms with Crippen molar-refractivity contribution in [3.63, 3.8) is 0 Å². The van der Waals surface area contributed by atoms with Crippen LogP contribution in [-0.2, 0) is 6.18 Å². The first-order valence-corrected chi connectivity index (χ1v) is 8.79. The van der Waals surface area contributed by atoms with Crippen molar-refractivity contribution in [3.8, 4) is 0 Å². The molecule has 0 bridgehead atoms. The molecule has 0 unspecified atom stereocenters. The molecule has 6 heteroatoms. The maximum Gasteiger partial charge on any atom is 0.433 e. The largest absolute Gasteiger partial charge is 0.433 e. The number of halogens is 3. The Hall–Kier alpha value is -1.82. The Bertz CT molecular complexity index is 719. The summed E-state index contributed by atoms with van der Waals surface area (Å²) in [7, 11) is 0. The average Bonchev–Trinajstić information content (AvgIpc) is 2.55. The molecule has 1 aromatic carbocycles. The first-order valence-electron chi connectivity index (χ1n) is 8.79. The molecule has 25 heavy (non-hydrogen) atoms. The van der Waals surface area contributed by atoms with Crippen LogP contribution >= 0.6 is 0 Å². The topological polar surface area (TPSA) is 28.2 Å². The normalized spacial score (nSPS) is 17.4. The van der Waals surface area contributed by atoms with E-state index < -0.39 is 11.9 Å². The second-order valence-electron chi connectivity index (χ2n) is 7.18. The fraction of sp³-hybridized carbons (Fsp3) is 0.526. The Labute approximate surface area is 146 Å². The molecule has 2 aromatic rings. The lowest BCUT2D eigenvalue weighted by molar-refractivity contribution is -0.140. The van der Waals surface area contributed by atoms with Crippen LogP contribution in [0.4, 0.5) is 18.9 Å². The first kappa shape index (κ1) is 18.0. The Morgan fingerprint density at radius 2 is 1.88 bits per heavy atom. The van der Waals surface area contributed by atoms with E-state index in [2.05, 4.69) is 29.0 Å². The highest BCUT2D eigenvalue weighted by molar-refractivity contribution is 5.91. The molecular formula is C19H24F3N3. The van der Waals surface area contributed by atoms with Crippen LogP contribution in [0.15, 0.2) is 30.3 Å². The number of pyridine rings is 1. The molecular weight excluding hydrogens is 327 g/mol. The third-order valence-electron chi connectivity index (χ3n) is 4.58. The minimum atomic E-state index is -4.44. The van der Waals surface area contributed by atoms with Gasteiger partial charge in [-0.2, -0.15) is 13.2 Å². The number of aromatic nitrogens is 1. The molecule has 2 heterocycles. The highest BCUT2D eigenvalue weighted by atomic mass is 19.4. The van der Waals surface area contributed by atoms with Crippen molar-refractivity contribution in [2.24, 2.45) is 5.92 Å². The van der Waals surface area contributed by atoms with Crippen molar-refractivity contribution in [2.45, 2.75) is 38.9 Å². The van der Waals surface area contributed by atoms with Crippen molar-refractivity contribution in [1.82, 2.24) is 9.88 Å². The monoisotopic (exact) mass is 351 g/mol. The third-order valence-corrected chi connectivity index (χ3v) is 4.58. The molecule has 1 aromatic heterocycles. The summed E-state index contributed by atoms with van der Waals surface area (Å²) in [6.07, 6.45) is -2.57. The zero-order chi connectivity index (χ0) is 18.0. The summed E-state index contributed by atoms with van der Waals surface area (Å²) in [5.41, 5.74) is 0.0586. The maximum atomic E-state index is 13.2. The lowest BCUT2D eigenvalue weighted by atomic mass is 10.0. The Morgan fingerprint density at radius 3 is 2.52 bits per heavy atom. The molecule has 0 aliphatic carbocycles. The molecule has 0 saturated carbocycles. The fourth-order valence-corrected chi connectivity index (χ4v) is 3.44. The zero-order valence-corrected chi connectivity index (χ0v) is 14.6. The molecule has 0 spiro atoms. The number of piperidine rings is 1. The molecule has 136 valence electrons. The van der Waals surface area contributed by atoms with Gasteiger partial charge in [0, 0.05) is 36.7 Å². The molecule has 1 saturated heterocycles. The molecule has 1 aliphatic heterocycles. The van der Waals surface area contributed by atoms with Crippen LogP contribution in [0.5, 0.6) is 0 Å². The van der Waals surface area contributed by atoms with Gasteiger partial charge in [0.2, 0.25) is 0 Å². The Morgan fingerprint density at radius 1 is 1.20 bits per heavy atom. The van der Waals surface area contributed by atoms with Gasteiger partial charge < -0.3 is 10.2 Å². The minimum Gasteiger partial charge on any atom is -0.382 e.